The molecule has 3 nitrogen and oxygen atoms in total. The number of amides is 1. The van der Waals surface area contributed by atoms with Crippen LogP contribution in [0.1, 0.15) is 6.42 Å². The van der Waals surface area contributed by atoms with Gasteiger partial charge in [0.05, 0.1) is 0 Å². The van der Waals surface area contributed by atoms with Crippen molar-refractivity contribution in [2.75, 3.05) is 6.54 Å². The molecule has 0 heterocycles. The van der Waals surface area contributed by atoms with Crippen LogP contribution in [-0.2, 0) is 9.59 Å². The molecule has 0 rings (SSSR count). The molecule has 0 spiro atoms. The van der Waals surface area contributed by atoms with Gasteiger partial charge in [0, 0.05) is 13.0 Å². The minimum absolute atomic E-state index is 0.239. The van der Waals surface area contributed by atoms with Crippen LogP contribution in [0, 0.1) is 0 Å². The van der Waals surface area contributed by atoms with Crippen LogP contribution >= 0.6 is 0 Å². The van der Waals surface area contributed by atoms with Crippen molar-refractivity contribution < 1.29 is 9.59 Å². The third-order valence-corrected chi connectivity index (χ3v) is 0.747. The molecule has 0 fully saturated rings. The Hall–Kier alpha value is -1.12. The zero-order chi connectivity index (χ0) is 7.11. The van der Waals surface area contributed by atoms with Gasteiger partial charge in [0.15, 0.2) is 0 Å². The molecule has 0 saturated carbocycles. The second-order valence-corrected chi connectivity index (χ2v) is 1.45. The van der Waals surface area contributed by atoms with Gasteiger partial charge in [-0.1, -0.05) is 6.58 Å². The lowest BCUT2D eigenvalue weighted by Gasteiger charge is -1.94. The van der Waals surface area contributed by atoms with E-state index in [0.29, 0.717) is 13.0 Å². The lowest BCUT2D eigenvalue weighted by molar-refractivity contribution is -0.116. The van der Waals surface area contributed by atoms with E-state index in [1.54, 1.807) is 0 Å². The maximum Gasteiger partial charge on any atom is 0.243 e. The standard InChI is InChI=1S/C6H9NO2/c1-2-6(9)7-4-3-5-8/h2,5H,1,3-4H2,(H,7,9). The summed E-state index contributed by atoms with van der Waals surface area (Å²) in [6.07, 6.45) is 2.29. The molecule has 0 aliphatic heterocycles. The lowest BCUT2D eigenvalue weighted by Crippen LogP contribution is -2.21. The predicted molar refractivity (Wildman–Crippen MR) is 33.9 cm³/mol. The van der Waals surface area contributed by atoms with Crippen LogP contribution in [-0.4, -0.2) is 18.7 Å². The topological polar surface area (TPSA) is 46.2 Å². The molecule has 0 aliphatic carbocycles. The van der Waals surface area contributed by atoms with E-state index >= 15 is 0 Å². The highest BCUT2D eigenvalue weighted by Gasteiger charge is 1.89. The maximum atomic E-state index is 10.3. The number of carbonyl (C=O) groups is 2. The van der Waals surface area contributed by atoms with Crippen molar-refractivity contribution in [1.82, 2.24) is 5.32 Å². The molecule has 0 radical (unpaired) electrons. The highest BCUT2D eigenvalue weighted by Crippen LogP contribution is 1.69. The van der Waals surface area contributed by atoms with Crippen molar-refractivity contribution in [2.45, 2.75) is 6.42 Å². The molecule has 0 saturated heterocycles. The molecule has 0 aliphatic rings. The van der Waals surface area contributed by atoms with Gasteiger partial charge in [-0.15, -0.1) is 0 Å². The molecular weight excluding hydrogens is 118 g/mol. The fraction of sp³-hybridized carbons (Fsp3) is 0.333. The van der Waals surface area contributed by atoms with Gasteiger partial charge in [0.25, 0.3) is 0 Å². The van der Waals surface area contributed by atoms with Crippen LogP contribution in [0.3, 0.4) is 0 Å². The molecule has 1 N–H and O–H groups in total. The fourth-order valence-electron chi connectivity index (χ4n) is 0.326. The van der Waals surface area contributed by atoms with Crippen LogP contribution in [0.4, 0.5) is 0 Å². The van der Waals surface area contributed by atoms with Crippen molar-refractivity contribution in [3.63, 3.8) is 0 Å². The molecule has 0 aromatic carbocycles. The Morgan fingerprint density at radius 2 is 2.33 bits per heavy atom. The summed E-state index contributed by atoms with van der Waals surface area (Å²) in [6, 6.07) is 0. The smallest absolute Gasteiger partial charge is 0.243 e. The summed E-state index contributed by atoms with van der Waals surface area (Å²) in [5.74, 6) is -0.239. The molecule has 9 heavy (non-hydrogen) atoms. The molecule has 0 aromatic rings. The van der Waals surface area contributed by atoms with E-state index in [0.717, 1.165) is 6.29 Å². The van der Waals surface area contributed by atoms with Crippen LogP contribution in [0.15, 0.2) is 12.7 Å². The Kier molecular flexibility index (Phi) is 4.40. The maximum absolute atomic E-state index is 10.3. The Labute approximate surface area is 53.7 Å². The number of hydrogen-bond donors (Lipinski definition) is 1. The monoisotopic (exact) mass is 127 g/mol. The molecule has 50 valence electrons. The third-order valence-electron chi connectivity index (χ3n) is 0.747. The summed E-state index contributed by atoms with van der Waals surface area (Å²) in [5, 5.41) is 2.44. The van der Waals surface area contributed by atoms with Crippen molar-refractivity contribution in [2.24, 2.45) is 0 Å². The van der Waals surface area contributed by atoms with Crippen LogP contribution < -0.4 is 5.32 Å². The summed E-state index contributed by atoms with van der Waals surface area (Å²) < 4.78 is 0. The first-order valence-corrected chi connectivity index (χ1v) is 2.65. The average molecular weight is 127 g/mol. The normalized spacial score (nSPS) is 8.00. The number of carbonyl (C=O) groups excluding carboxylic acids is 2. The second kappa shape index (κ2) is 5.03. The van der Waals surface area contributed by atoms with Crippen LogP contribution in [0.5, 0.6) is 0 Å². The molecule has 0 bridgehead atoms. The number of nitrogens with one attached hydrogen (secondary N) is 1. The molecule has 0 atom stereocenters. The van der Waals surface area contributed by atoms with E-state index < -0.39 is 0 Å². The van der Waals surface area contributed by atoms with Gasteiger partial charge in [-0.05, 0) is 6.08 Å². The van der Waals surface area contributed by atoms with Crippen LogP contribution in [0.2, 0.25) is 0 Å². The quantitative estimate of drug-likeness (QED) is 0.325. The molecule has 3 heteroatoms. The lowest BCUT2D eigenvalue weighted by atomic mass is 10.4. The van der Waals surface area contributed by atoms with Crippen molar-refractivity contribution in [1.29, 1.82) is 0 Å². The third kappa shape index (κ3) is 4.74. The molecule has 1 amide bonds. The van der Waals surface area contributed by atoms with E-state index in [2.05, 4.69) is 11.9 Å². The highest BCUT2D eigenvalue weighted by atomic mass is 16.1. The zero-order valence-corrected chi connectivity index (χ0v) is 5.09. The van der Waals surface area contributed by atoms with Gasteiger partial charge in [0.1, 0.15) is 6.29 Å². The molecular formula is C6H9NO2. The summed E-state index contributed by atoms with van der Waals surface area (Å²) in [5.41, 5.74) is 0. The van der Waals surface area contributed by atoms with Gasteiger partial charge < -0.3 is 10.1 Å². The SMILES string of the molecule is C=CC(=O)NCCC=O. The summed E-state index contributed by atoms with van der Waals surface area (Å²) in [4.78, 5) is 20.0. The van der Waals surface area contributed by atoms with Crippen molar-refractivity contribution in [3.05, 3.63) is 12.7 Å². The van der Waals surface area contributed by atoms with E-state index in [1.165, 1.54) is 6.08 Å². The first-order valence-electron chi connectivity index (χ1n) is 2.65. The average Bonchev–Trinajstić information content (AvgIpc) is 1.89. The Balaban J connectivity index is 3.16. The summed E-state index contributed by atoms with van der Waals surface area (Å²) in [7, 11) is 0. The van der Waals surface area contributed by atoms with E-state index in [-0.39, 0.29) is 5.91 Å². The van der Waals surface area contributed by atoms with Gasteiger partial charge >= 0.3 is 0 Å². The predicted octanol–water partition coefficient (Wildman–Crippen LogP) is -0.122. The first-order chi connectivity index (χ1) is 4.31. The van der Waals surface area contributed by atoms with Gasteiger partial charge in [-0.25, -0.2) is 0 Å². The van der Waals surface area contributed by atoms with Crippen molar-refractivity contribution >= 4 is 12.2 Å². The van der Waals surface area contributed by atoms with Crippen molar-refractivity contribution in [3.8, 4) is 0 Å². The fourth-order valence-corrected chi connectivity index (χ4v) is 0.326. The van der Waals surface area contributed by atoms with Crippen LogP contribution in [0.25, 0.3) is 0 Å². The zero-order valence-electron chi connectivity index (χ0n) is 5.09. The molecule has 0 unspecified atom stereocenters. The second-order valence-electron chi connectivity index (χ2n) is 1.45. The highest BCUT2D eigenvalue weighted by molar-refractivity contribution is 5.86. The Morgan fingerprint density at radius 1 is 1.67 bits per heavy atom. The summed E-state index contributed by atoms with van der Waals surface area (Å²) >= 11 is 0. The van der Waals surface area contributed by atoms with Gasteiger partial charge in [-0.2, -0.15) is 0 Å². The first kappa shape index (κ1) is 7.88. The van der Waals surface area contributed by atoms with Gasteiger partial charge in [-0.3, -0.25) is 4.79 Å². The molecule has 0 aromatic heterocycles. The van der Waals surface area contributed by atoms with E-state index in [4.69, 9.17) is 0 Å². The minimum Gasteiger partial charge on any atom is -0.352 e. The van der Waals surface area contributed by atoms with E-state index in [1.807, 2.05) is 0 Å². The number of aldehydes is 1. The minimum atomic E-state index is -0.239. The Bertz CT molecular complexity index is 120. The summed E-state index contributed by atoms with van der Waals surface area (Å²) in [6.45, 7) is 3.64. The largest absolute Gasteiger partial charge is 0.352 e. The van der Waals surface area contributed by atoms with Gasteiger partial charge in [0.2, 0.25) is 5.91 Å². The Morgan fingerprint density at radius 3 is 2.78 bits per heavy atom. The van der Waals surface area contributed by atoms with E-state index in [9.17, 15) is 9.59 Å². The number of rotatable bonds is 4. The number of hydrogen-bond acceptors (Lipinski definition) is 2.